The molecule has 4 bridgehead atoms. The van der Waals surface area contributed by atoms with Gasteiger partial charge in [0.05, 0.1) is 46.4 Å². The summed E-state index contributed by atoms with van der Waals surface area (Å²) in [5.41, 5.74) is 2.32. The first-order chi connectivity index (χ1) is 14.5. The number of non-ortho nitro benzene ring substituents is 1. The van der Waals surface area contributed by atoms with Gasteiger partial charge in [-0.1, -0.05) is 36.4 Å². The Labute approximate surface area is 171 Å². The predicted molar refractivity (Wildman–Crippen MR) is 104 cm³/mol. The number of hydrogen-bond acceptors (Lipinski definition) is 6. The molecular formula is C22H18N2O6. The van der Waals surface area contributed by atoms with Gasteiger partial charge in [0.15, 0.2) is 0 Å². The zero-order valence-electron chi connectivity index (χ0n) is 15.8. The molecule has 2 heterocycles. The number of nitro groups is 2. The van der Waals surface area contributed by atoms with E-state index >= 15 is 0 Å². The zero-order valence-corrected chi connectivity index (χ0v) is 15.8. The third kappa shape index (κ3) is 2.28. The molecule has 2 aromatic rings. The van der Waals surface area contributed by atoms with E-state index in [4.69, 9.17) is 9.47 Å². The highest BCUT2D eigenvalue weighted by molar-refractivity contribution is 5.49. The topological polar surface area (TPSA) is 105 Å². The molecule has 1 saturated heterocycles. The fraction of sp³-hybridized carbons (Fsp3) is 0.364. The van der Waals surface area contributed by atoms with Crippen LogP contribution >= 0.6 is 0 Å². The van der Waals surface area contributed by atoms with Crippen molar-refractivity contribution in [3.8, 4) is 0 Å². The smallest absolute Gasteiger partial charge is 0.281 e. The molecule has 1 saturated carbocycles. The highest BCUT2D eigenvalue weighted by atomic mass is 16.6. The first-order valence-electron chi connectivity index (χ1n) is 10.0. The third-order valence-corrected chi connectivity index (χ3v) is 7.16. The monoisotopic (exact) mass is 406 g/mol. The van der Waals surface area contributed by atoms with Gasteiger partial charge in [-0.25, -0.2) is 0 Å². The Balaban J connectivity index is 1.25. The van der Waals surface area contributed by atoms with Crippen LogP contribution in [0.5, 0.6) is 0 Å². The van der Waals surface area contributed by atoms with E-state index in [0.29, 0.717) is 17.4 Å². The molecule has 2 fully saturated rings. The number of hydrogen-bond donors (Lipinski definition) is 0. The SMILES string of the molecule is O=[N+]([O-])c1ccc(COC2[C@H]3C=C[C@H]2[C@@H]2[C@H]3[C@H]3O[C@H]2c2ccccc23)c([N+](=O)[O-])c1. The zero-order chi connectivity index (χ0) is 20.6. The molecule has 2 aromatic carbocycles. The standard InChI is InChI=1S/C22H18N2O6/c25-23(26)12-6-5-11(17(9-12)24(27)28)10-29-20-15-7-8-16(20)19-18(15)21-13-3-1-2-4-14(13)22(19)30-21/h1-9,15-16,18-22H,10H2/t15-,16-,18-,19+,20?,21-,22-/m0/s1. The molecule has 0 N–H and O–H groups in total. The first kappa shape index (κ1) is 17.7. The minimum Gasteiger partial charge on any atom is -0.372 e. The van der Waals surface area contributed by atoms with Gasteiger partial charge in [-0.15, -0.1) is 0 Å². The molecule has 0 amide bonds. The molecule has 7 atom stereocenters. The van der Waals surface area contributed by atoms with E-state index in [-0.39, 0.29) is 48.1 Å². The number of benzene rings is 2. The summed E-state index contributed by atoms with van der Waals surface area (Å²) in [6, 6.07) is 12.1. The van der Waals surface area contributed by atoms with Gasteiger partial charge in [-0.2, -0.15) is 0 Å². The van der Waals surface area contributed by atoms with E-state index in [1.54, 1.807) is 0 Å². The Morgan fingerprint density at radius 1 is 0.900 bits per heavy atom. The molecular weight excluding hydrogens is 388 g/mol. The Kier molecular flexibility index (Phi) is 3.66. The van der Waals surface area contributed by atoms with Crippen LogP contribution in [0, 0.1) is 43.9 Å². The molecule has 2 aliphatic heterocycles. The molecule has 4 aliphatic rings. The van der Waals surface area contributed by atoms with Crippen molar-refractivity contribution < 1.29 is 19.3 Å². The van der Waals surface area contributed by atoms with Crippen molar-refractivity contribution in [3.05, 3.63) is 91.5 Å². The lowest BCUT2D eigenvalue weighted by atomic mass is 9.71. The van der Waals surface area contributed by atoms with Crippen LogP contribution in [0.1, 0.15) is 28.9 Å². The van der Waals surface area contributed by atoms with Crippen LogP contribution in [0.25, 0.3) is 0 Å². The lowest BCUT2D eigenvalue weighted by molar-refractivity contribution is -0.394. The molecule has 8 heteroatoms. The number of nitro benzene ring substituents is 2. The van der Waals surface area contributed by atoms with Crippen LogP contribution in [0.2, 0.25) is 0 Å². The average molecular weight is 406 g/mol. The summed E-state index contributed by atoms with van der Waals surface area (Å²) < 4.78 is 12.6. The highest BCUT2D eigenvalue weighted by Crippen LogP contribution is 2.68. The van der Waals surface area contributed by atoms with Gasteiger partial charge in [0.1, 0.15) is 0 Å². The number of nitrogens with zero attached hydrogens (tertiary/aromatic N) is 2. The van der Waals surface area contributed by atoms with E-state index in [1.807, 2.05) is 12.1 Å². The summed E-state index contributed by atoms with van der Waals surface area (Å²) in [5, 5.41) is 22.4. The second-order valence-corrected chi connectivity index (χ2v) is 8.40. The molecule has 6 rings (SSSR count). The molecule has 0 radical (unpaired) electrons. The molecule has 30 heavy (non-hydrogen) atoms. The maximum atomic E-state index is 11.4. The maximum Gasteiger partial charge on any atom is 0.281 e. The summed E-state index contributed by atoms with van der Waals surface area (Å²) in [5.74, 6) is 1.13. The maximum absolute atomic E-state index is 11.4. The molecule has 0 spiro atoms. The van der Waals surface area contributed by atoms with Crippen molar-refractivity contribution in [3.63, 3.8) is 0 Å². The van der Waals surface area contributed by atoms with Crippen LogP contribution < -0.4 is 0 Å². The Bertz CT molecular complexity index is 1070. The lowest BCUT2D eigenvalue weighted by Gasteiger charge is -2.29. The number of fused-ring (bicyclic) bond motifs is 12. The molecule has 8 nitrogen and oxygen atoms in total. The van der Waals surface area contributed by atoms with Crippen molar-refractivity contribution in [2.75, 3.05) is 0 Å². The summed E-state index contributed by atoms with van der Waals surface area (Å²) in [6.45, 7) is 0.0518. The van der Waals surface area contributed by atoms with E-state index in [1.165, 1.54) is 23.3 Å². The Morgan fingerprint density at radius 3 is 2.10 bits per heavy atom. The second-order valence-electron chi connectivity index (χ2n) is 8.40. The van der Waals surface area contributed by atoms with Crippen LogP contribution in [0.15, 0.2) is 54.6 Å². The summed E-state index contributed by atoms with van der Waals surface area (Å²) in [7, 11) is 0. The van der Waals surface area contributed by atoms with Crippen molar-refractivity contribution in [1.29, 1.82) is 0 Å². The summed E-state index contributed by atoms with van der Waals surface area (Å²) >= 11 is 0. The quantitative estimate of drug-likeness (QED) is 0.417. The minimum absolute atomic E-state index is 0.0518. The van der Waals surface area contributed by atoms with E-state index in [9.17, 15) is 20.2 Å². The summed E-state index contributed by atoms with van der Waals surface area (Å²) in [6.07, 6.45) is 4.51. The lowest BCUT2D eigenvalue weighted by Crippen LogP contribution is -2.25. The third-order valence-electron chi connectivity index (χ3n) is 7.16. The molecule has 152 valence electrons. The van der Waals surface area contributed by atoms with Crippen molar-refractivity contribution in [1.82, 2.24) is 0 Å². The predicted octanol–water partition coefficient (Wildman–Crippen LogP) is 4.26. The number of rotatable bonds is 5. The van der Waals surface area contributed by atoms with Gasteiger partial charge in [0, 0.05) is 29.7 Å². The molecule has 0 aromatic heterocycles. The van der Waals surface area contributed by atoms with E-state index < -0.39 is 9.85 Å². The molecule has 2 aliphatic carbocycles. The Morgan fingerprint density at radius 2 is 1.53 bits per heavy atom. The highest BCUT2D eigenvalue weighted by Gasteiger charge is 2.65. The van der Waals surface area contributed by atoms with Crippen molar-refractivity contribution in [2.24, 2.45) is 23.7 Å². The van der Waals surface area contributed by atoms with Gasteiger partial charge >= 0.3 is 0 Å². The molecule has 1 unspecified atom stereocenters. The fourth-order valence-corrected chi connectivity index (χ4v) is 6.04. The van der Waals surface area contributed by atoms with Crippen LogP contribution in [-0.2, 0) is 16.1 Å². The average Bonchev–Trinajstić information content (AvgIpc) is 3.49. The van der Waals surface area contributed by atoms with Crippen LogP contribution in [0.4, 0.5) is 11.4 Å². The van der Waals surface area contributed by atoms with Crippen molar-refractivity contribution >= 4 is 11.4 Å². The van der Waals surface area contributed by atoms with Gasteiger partial charge < -0.3 is 9.47 Å². The fourth-order valence-electron chi connectivity index (χ4n) is 6.04. The van der Waals surface area contributed by atoms with Crippen LogP contribution in [-0.4, -0.2) is 16.0 Å². The van der Waals surface area contributed by atoms with Crippen LogP contribution in [0.3, 0.4) is 0 Å². The second kappa shape index (κ2) is 6.20. The van der Waals surface area contributed by atoms with Gasteiger partial charge in [-0.05, 0) is 17.2 Å². The summed E-state index contributed by atoms with van der Waals surface area (Å²) in [4.78, 5) is 21.1. The van der Waals surface area contributed by atoms with Gasteiger partial charge in [-0.3, -0.25) is 20.2 Å². The number of ether oxygens (including phenoxy) is 2. The first-order valence-corrected chi connectivity index (χ1v) is 10.0. The minimum atomic E-state index is -0.632. The van der Waals surface area contributed by atoms with Crippen molar-refractivity contribution in [2.45, 2.75) is 24.9 Å². The normalized spacial score (nSPS) is 34.2. The van der Waals surface area contributed by atoms with E-state index in [0.717, 1.165) is 6.07 Å². The van der Waals surface area contributed by atoms with Gasteiger partial charge in [0.2, 0.25) is 0 Å². The largest absolute Gasteiger partial charge is 0.372 e. The van der Waals surface area contributed by atoms with E-state index in [2.05, 4.69) is 24.3 Å². The van der Waals surface area contributed by atoms with Gasteiger partial charge in [0.25, 0.3) is 11.4 Å². The Hall–Kier alpha value is -3.10.